The summed E-state index contributed by atoms with van der Waals surface area (Å²) in [6, 6.07) is 7.55. The van der Waals surface area contributed by atoms with E-state index in [-0.39, 0.29) is 12.4 Å². The van der Waals surface area contributed by atoms with E-state index >= 15 is 0 Å². The quantitative estimate of drug-likeness (QED) is 0.803. The largest absolute Gasteiger partial charge is 0.355 e. The molecule has 2 rings (SSSR count). The summed E-state index contributed by atoms with van der Waals surface area (Å²) in [7, 11) is 0. The van der Waals surface area contributed by atoms with Crippen molar-refractivity contribution in [3.05, 3.63) is 58.6 Å². The molecule has 3 nitrogen and oxygen atoms in total. The van der Waals surface area contributed by atoms with Gasteiger partial charge in [0.25, 0.3) is 0 Å². The number of benzene rings is 1. The number of carbonyl (C=O) groups is 2. The van der Waals surface area contributed by atoms with E-state index in [1.54, 1.807) is 12.2 Å². The first-order valence-electron chi connectivity index (χ1n) is 5.42. The van der Waals surface area contributed by atoms with Crippen molar-refractivity contribution in [3.8, 4) is 0 Å². The van der Waals surface area contributed by atoms with Gasteiger partial charge in [-0.1, -0.05) is 28.1 Å². The van der Waals surface area contributed by atoms with E-state index in [1.807, 2.05) is 24.3 Å². The average molecular weight is 307 g/mol. The first-order chi connectivity index (χ1) is 8.66. The van der Waals surface area contributed by atoms with E-state index in [0.29, 0.717) is 6.29 Å². The van der Waals surface area contributed by atoms with Crippen LogP contribution < -0.4 is 0 Å². The molecule has 1 aliphatic rings. The molecular formula is C14H11BrO3. The summed E-state index contributed by atoms with van der Waals surface area (Å²) in [4.78, 5) is 21.7. The van der Waals surface area contributed by atoms with Crippen LogP contribution in [0.15, 0.2) is 53.0 Å². The van der Waals surface area contributed by atoms with Crippen LogP contribution in [0.5, 0.6) is 0 Å². The van der Waals surface area contributed by atoms with Crippen molar-refractivity contribution in [2.75, 3.05) is 6.61 Å². The number of hydrogen-bond donors (Lipinski definition) is 0. The molecule has 1 aliphatic carbocycles. The normalized spacial score (nSPS) is 16.8. The van der Waals surface area contributed by atoms with Gasteiger partial charge >= 0.3 is 0 Å². The van der Waals surface area contributed by atoms with Gasteiger partial charge in [-0.15, -0.1) is 0 Å². The number of hydrogen-bond acceptors (Lipinski definition) is 3. The third-order valence-corrected chi connectivity index (χ3v) is 3.20. The Morgan fingerprint density at radius 2 is 1.78 bits per heavy atom. The highest BCUT2D eigenvalue weighted by Crippen LogP contribution is 2.32. The first kappa shape index (κ1) is 12.9. The van der Waals surface area contributed by atoms with Crippen molar-refractivity contribution < 1.29 is 14.3 Å². The fourth-order valence-electron chi connectivity index (χ4n) is 1.78. The van der Waals surface area contributed by atoms with Gasteiger partial charge in [-0.25, -0.2) is 0 Å². The predicted octanol–water partition coefficient (Wildman–Crippen LogP) is 2.56. The van der Waals surface area contributed by atoms with Gasteiger partial charge in [0.2, 0.25) is 0 Å². The molecule has 92 valence electrons. The Bertz CT molecular complexity index is 498. The highest BCUT2D eigenvalue weighted by Gasteiger charge is 2.29. The zero-order valence-electron chi connectivity index (χ0n) is 9.51. The molecule has 1 aromatic carbocycles. The van der Waals surface area contributed by atoms with Crippen molar-refractivity contribution in [2.45, 2.75) is 5.60 Å². The van der Waals surface area contributed by atoms with Crippen LogP contribution in [0.25, 0.3) is 0 Å². The second kappa shape index (κ2) is 5.42. The van der Waals surface area contributed by atoms with E-state index in [0.717, 1.165) is 10.0 Å². The van der Waals surface area contributed by atoms with Crippen LogP contribution in [0, 0.1) is 0 Å². The van der Waals surface area contributed by atoms with Crippen molar-refractivity contribution in [3.63, 3.8) is 0 Å². The maximum atomic E-state index is 11.2. The summed E-state index contributed by atoms with van der Waals surface area (Å²) in [5.74, 6) is -0.0857. The van der Waals surface area contributed by atoms with Crippen LogP contribution in [0.1, 0.15) is 5.56 Å². The molecule has 0 spiro atoms. The molecule has 4 heteroatoms. The highest BCUT2D eigenvalue weighted by atomic mass is 79.9. The Hall–Kier alpha value is -1.52. The Labute approximate surface area is 113 Å². The molecule has 0 atom stereocenters. The zero-order chi connectivity index (χ0) is 13.0. The van der Waals surface area contributed by atoms with E-state index in [1.165, 1.54) is 12.2 Å². The van der Waals surface area contributed by atoms with Crippen LogP contribution in [0.3, 0.4) is 0 Å². The van der Waals surface area contributed by atoms with E-state index in [4.69, 9.17) is 4.74 Å². The minimum Gasteiger partial charge on any atom is -0.355 e. The second-order valence-corrected chi connectivity index (χ2v) is 4.76. The van der Waals surface area contributed by atoms with Gasteiger partial charge in [0, 0.05) is 4.47 Å². The second-order valence-electron chi connectivity index (χ2n) is 3.85. The van der Waals surface area contributed by atoms with Gasteiger partial charge in [0.1, 0.15) is 18.5 Å². The summed E-state index contributed by atoms with van der Waals surface area (Å²) in [6.45, 7) is -0.0288. The maximum Gasteiger partial charge on any atom is 0.178 e. The average Bonchev–Trinajstić information content (AvgIpc) is 2.40. The maximum absolute atomic E-state index is 11.2. The monoisotopic (exact) mass is 306 g/mol. The van der Waals surface area contributed by atoms with Gasteiger partial charge < -0.3 is 9.53 Å². The van der Waals surface area contributed by atoms with Crippen LogP contribution in [0.2, 0.25) is 0 Å². The Morgan fingerprint density at radius 1 is 1.17 bits per heavy atom. The van der Waals surface area contributed by atoms with Gasteiger partial charge in [0.15, 0.2) is 5.78 Å². The molecule has 0 aliphatic heterocycles. The fourth-order valence-corrected chi connectivity index (χ4v) is 2.04. The molecule has 0 aromatic heterocycles. The van der Waals surface area contributed by atoms with Gasteiger partial charge in [-0.05, 0) is 42.0 Å². The molecule has 0 amide bonds. The summed E-state index contributed by atoms with van der Waals surface area (Å²) in [5, 5.41) is 0. The van der Waals surface area contributed by atoms with Crippen molar-refractivity contribution in [1.82, 2.24) is 0 Å². The van der Waals surface area contributed by atoms with E-state index < -0.39 is 5.60 Å². The molecule has 0 saturated heterocycles. The molecule has 0 fully saturated rings. The van der Waals surface area contributed by atoms with Gasteiger partial charge in [-0.3, -0.25) is 4.79 Å². The lowest BCUT2D eigenvalue weighted by Crippen LogP contribution is -2.28. The number of allylic oxidation sites excluding steroid dienone is 2. The topological polar surface area (TPSA) is 43.4 Å². The molecule has 0 radical (unpaired) electrons. The number of ketones is 1. The van der Waals surface area contributed by atoms with Gasteiger partial charge in [-0.2, -0.15) is 0 Å². The van der Waals surface area contributed by atoms with Crippen LogP contribution >= 0.6 is 15.9 Å². The molecule has 0 bridgehead atoms. The zero-order valence-corrected chi connectivity index (χ0v) is 11.1. The minimum atomic E-state index is -0.838. The summed E-state index contributed by atoms with van der Waals surface area (Å²) in [6.07, 6.45) is 6.93. The van der Waals surface area contributed by atoms with E-state index in [9.17, 15) is 9.59 Å². The number of halogens is 1. The standard InChI is InChI=1S/C14H11BrO3/c15-12-3-1-11(2-4-12)14(18-10-9-16)7-5-13(17)6-8-14/h1-9H,10H2. The number of ether oxygens (including phenoxy) is 1. The third kappa shape index (κ3) is 2.66. The number of rotatable bonds is 4. The smallest absolute Gasteiger partial charge is 0.178 e. The Balaban J connectivity index is 2.39. The van der Waals surface area contributed by atoms with E-state index in [2.05, 4.69) is 15.9 Å². The molecule has 0 heterocycles. The molecule has 0 saturated carbocycles. The lowest BCUT2D eigenvalue weighted by molar-refractivity contribution is -0.115. The molecule has 18 heavy (non-hydrogen) atoms. The third-order valence-electron chi connectivity index (χ3n) is 2.68. The summed E-state index contributed by atoms with van der Waals surface area (Å²) < 4.78 is 6.54. The number of aldehydes is 1. The van der Waals surface area contributed by atoms with Crippen molar-refractivity contribution >= 4 is 28.0 Å². The van der Waals surface area contributed by atoms with Crippen LogP contribution in [0.4, 0.5) is 0 Å². The van der Waals surface area contributed by atoms with Crippen LogP contribution in [-0.2, 0) is 19.9 Å². The van der Waals surface area contributed by atoms with Crippen molar-refractivity contribution in [1.29, 1.82) is 0 Å². The first-order valence-corrected chi connectivity index (χ1v) is 6.22. The molecule has 0 unspecified atom stereocenters. The lowest BCUT2D eigenvalue weighted by Gasteiger charge is -2.29. The van der Waals surface area contributed by atoms with Gasteiger partial charge in [0.05, 0.1) is 0 Å². The lowest BCUT2D eigenvalue weighted by atomic mass is 9.89. The van der Waals surface area contributed by atoms with Crippen LogP contribution in [-0.4, -0.2) is 18.7 Å². The highest BCUT2D eigenvalue weighted by molar-refractivity contribution is 9.10. The molecular weight excluding hydrogens is 296 g/mol. The minimum absolute atomic E-state index is 0.0288. The fraction of sp³-hybridized carbons (Fsp3) is 0.143. The molecule has 1 aromatic rings. The Kier molecular flexibility index (Phi) is 3.89. The predicted molar refractivity (Wildman–Crippen MR) is 71.1 cm³/mol. The molecule has 0 N–H and O–H groups in total. The van der Waals surface area contributed by atoms with Crippen molar-refractivity contribution in [2.24, 2.45) is 0 Å². The SMILES string of the molecule is O=CCOC1(c2ccc(Br)cc2)C=CC(=O)C=C1. The summed E-state index contributed by atoms with van der Waals surface area (Å²) >= 11 is 3.36. The Morgan fingerprint density at radius 3 is 2.33 bits per heavy atom. The number of carbonyl (C=O) groups excluding carboxylic acids is 2. The summed E-state index contributed by atoms with van der Waals surface area (Å²) in [5.41, 5.74) is 0.0303.